The van der Waals surface area contributed by atoms with Gasteiger partial charge in [-0.1, -0.05) is 11.3 Å². The highest BCUT2D eigenvalue weighted by atomic mass is 32.1. The molecule has 0 bridgehead atoms. The summed E-state index contributed by atoms with van der Waals surface area (Å²) in [7, 11) is 0. The Balaban J connectivity index is 1.80. The first kappa shape index (κ1) is 15.3. The average molecular weight is 345 g/mol. The third kappa shape index (κ3) is 3.13. The Kier molecular flexibility index (Phi) is 3.51. The molecular formula is C12H9F2N3O5S. The summed E-state index contributed by atoms with van der Waals surface area (Å²) in [4.78, 5) is 30.8. The van der Waals surface area contributed by atoms with Crippen molar-refractivity contribution in [2.45, 2.75) is 26.2 Å². The first-order valence-corrected chi connectivity index (χ1v) is 7.11. The van der Waals surface area contributed by atoms with Crippen LogP contribution >= 0.6 is 11.3 Å². The SMILES string of the molecule is CC(=O)O[C@H](C)C(=O)Nc1nc2cc3c(nc2s1)OC(F)(F)O3. The Labute approximate surface area is 131 Å². The van der Waals surface area contributed by atoms with E-state index >= 15 is 0 Å². The van der Waals surface area contributed by atoms with Crippen molar-refractivity contribution >= 4 is 38.7 Å². The molecule has 0 aromatic carbocycles. The number of carbonyl (C=O) groups excluding carboxylic acids is 2. The lowest BCUT2D eigenvalue weighted by Crippen LogP contribution is -2.29. The number of rotatable bonds is 3. The lowest BCUT2D eigenvalue weighted by Gasteiger charge is -2.09. The van der Waals surface area contributed by atoms with Gasteiger partial charge in [-0.05, 0) is 6.92 Å². The number of nitrogens with one attached hydrogen (secondary N) is 1. The van der Waals surface area contributed by atoms with Crippen LogP contribution in [0.2, 0.25) is 0 Å². The minimum atomic E-state index is -3.75. The Morgan fingerprint density at radius 2 is 2.13 bits per heavy atom. The summed E-state index contributed by atoms with van der Waals surface area (Å²) < 4.78 is 39.1. The van der Waals surface area contributed by atoms with Crippen molar-refractivity contribution in [2.24, 2.45) is 0 Å². The zero-order valence-electron chi connectivity index (χ0n) is 11.8. The van der Waals surface area contributed by atoms with E-state index in [-0.39, 0.29) is 27.1 Å². The maximum absolute atomic E-state index is 12.9. The second kappa shape index (κ2) is 5.26. The van der Waals surface area contributed by atoms with Gasteiger partial charge in [0.15, 0.2) is 17.0 Å². The maximum atomic E-state index is 12.9. The number of ether oxygens (including phenoxy) is 3. The van der Waals surface area contributed by atoms with Gasteiger partial charge in [0, 0.05) is 13.0 Å². The van der Waals surface area contributed by atoms with Crippen molar-refractivity contribution < 1.29 is 32.6 Å². The van der Waals surface area contributed by atoms with E-state index in [0.29, 0.717) is 0 Å². The molecule has 0 spiro atoms. The molecule has 3 heterocycles. The fraction of sp³-hybridized carbons (Fsp3) is 0.333. The molecule has 0 radical (unpaired) electrons. The first-order valence-electron chi connectivity index (χ1n) is 6.29. The Morgan fingerprint density at radius 1 is 1.39 bits per heavy atom. The van der Waals surface area contributed by atoms with Crippen LogP contribution in [0.3, 0.4) is 0 Å². The Morgan fingerprint density at radius 3 is 2.83 bits per heavy atom. The molecule has 2 aromatic heterocycles. The lowest BCUT2D eigenvalue weighted by atomic mass is 10.4. The van der Waals surface area contributed by atoms with Crippen LogP contribution in [0.4, 0.5) is 13.9 Å². The van der Waals surface area contributed by atoms with Gasteiger partial charge in [-0.15, -0.1) is 8.78 Å². The van der Waals surface area contributed by atoms with E-state index in [1.165, 1.54) is 19.9 Å². The van der Waals surface area contributed by atoms with Crippen LogP contribution in [0, 0.1) is 0 Å². The highest BCUT2D eigenvalue weighted by Gasteiger charge is 2.44. The fourth-order valence-corrected chi connectivity index (χ4v) is 2.62. The van der Waals surface area contributed by atoms with Gasteiger partial charge in [0.05, 0.1) is 0 Å². The summed E-state index contributed by atoms with van der Waals surface area (Å²) in [6.45, 7) is 2.59. The number of halogens is 2. The number of fused-ring (bicyclic) bond motifs is 2. The van der Waals surface area contributed by atoms with E-state index in [1.807, 2.05) is 0 Å². The molecule has 2 aromatic rings. The summed E-state index contributed by atoms with van der Waals surface area (Å²) in [6.07, 6.45) is -4.75. The smallest absolute Gasteiger partial charge is 0.453 e. The van der Waals surface area contributed by atoms with Crippen molar-refractivity contribution in [1.82, 2.24) is 9.97 Å². The van der Waals surface area contributed by atoms with Crippen LogP contribution in [-0.4, -0.2) is 34.2 Å². The second-order valence-electron chi connectivity index (χ2n) is 4.54. The highest BCUT2D eigenvalue weighted by Crippen LogP contribution is 2.42. The third-order valence-electron chi connectivity index (χ3n) is 2.70. The molecular weight excluding hydrogens is 336 g/mol. The molecule has 1 N–H and O–H groups in total. The number of pyridine rings is 1. The van der Waals surface area contributed by atoms with Crippen LogP contribution < -0.4 is 14.8 Å². The molecule has 1 amide bonds. The third-order valence-corrected chi connectivity index (χ3v) is 3.58. The Bertz CT molecular complexity index is 764. The predicted octanol–water partition coefficient (Wildman–Crippen LogP) is 1.90. The fourth-order valence-electron chi connectivity index (χ4n) is 1.80. The minimum Gasteiger partial charge on any atom is -0.453 e. The van der Waals surface area contributed by atoms with Crippen molar-refractivity contribution in [2.75, 3.05) is 5.32 Å². The molecule has 1 aliphatic rings. The maximum Gasteiger partial charge on any atom is 0.587 e. The van der Waals surface area contributed by atoms with Crippen LogP contribution in [0.5, 0.6) is 11.6 Å². The molecule has 11 heteroatoms. The van der Waals surface area contributed by atoms with E-state index < -0.39 is 24.3 Å². The van der Waals surface area contributed by atoms with Crippen LogP contribution in [-0.2, 0) is 14.3 Å². The number of carbonyl (C=O) groups is 2. The van der Waals surface area contributed by atoms with Crippen LogP contribution in [0.1, 0.15) is 13.8 Å². The number of anilines is 1. The molecule has 0 saturated heterocycles. The monoisotopic (exact) mass is 345 g/mol. The number of alkyl halides is 2. The zero-order valence-corrected chi connectivity index (χ0v) is 12.6. The number of nitrogens with zero attached hydrogens (tertiary/aromatic N) is 2. The molecule has 3 rings (SSSR count). The number of esters is 1. The molecule has 1 atom stereocenters. The molecule has 8 nitrogen and oxygen atoms in total. The normalized spacial score (nSPS) is 16.2. The summed E-state index contributed by atoms with van der Waals surface area (Å²) in [5.74, 6) is -1.76. The topological polar surface area (TPSA) is 99.6 Å². The largest absolute Gasteiger partial charge is 0.587 e. The predicted molar refractivity (Wildman–Crippen MR) is 73.5 cm³/mol. The van der Waals surface area contributed by atoms with Gasteiger partial charge in [0.1, 0.15) is 10.3 Å². The summed E-state index contributed by atoms with van der Waals surface area (Å²) in [5, 5.41) is 2.62. The van der Waals surface area contributed by atoms with Crippen molar-refractivity contribution in [3.63, 3.8) is 0 Å². The summed E-state index contributed by atoms with van der Waals surface area (Å²) in [6, 6.07) is 1.24. The van der Waals surface area contributed by atoms with Gasteiger partial charge in [-0.3, -0.25) is 14.9 Å². The molecule has 0 fully saturated rings. The van der Waals surface area contributed by atoms with Crippen molar-refractivity contribution in [3.8, 4) is 11.6 Å². The molecule has 0 aliphatic carbocycles. The number of aromatic nitrogens is 2. The average Bonchev–Trinajstić information content (AvgIpc) is 2.91. The van der Waals surface area contributed by atoms with Crippen LogP contribution in [0.25, 0.3) is 10.3 Å². The number of thiazole rings is 1. The van der Waals surface area contributed by atoms with E-state index in [1.54, 1.807) is 0 Å². The van der Waals surface area contributed by atoms with E-state index in [9.17, 15) is 18.4 Å². The van der Waals surface area contributed by atoms with Crippen LogP contribution in [0.15, 0.2) is 6.07 Å². The van der Waals surface area contributed by atoms with Gasteiger partial charge >= 0.3 is 12.3 Å². The molecule has 0 unspecified atom stereocenters. The van der Waals surface area contributed by atoms with E-state index in [0.717, 1.165) is 11.3 Å². The summed E-state index contributed by atoms with van der Waals surface area (Å²) in [5.41, 5.74) is 0.255. The van der Waals surface area contributed by atoms with Crippen molar-refractivity contribution in [3.05, 3.63) is 6.07 Å². The second-order valence-corrected chi connectivity index (χ2v) is 5.52. The first-order chi connectivity index (χ1) is 10.7. The minimum absolute atomic E-state index is 0.173. The van der Waals surface area contributed by atoms with Gasteiger partial charge in [-0.2, -0.15) is 4.98 Å². The zero-order chi connectivity index (χ0) is 16.8. The number of amides is 1. The quantitative estimate of drug-likeness (QED) is 0.848. The summed E-state index contributed by atoms with van der Waals surface area (Å²) >= 11 is 0.953. The number of hydrogen-bond donors (Lipinski definition) is 1. The number of hydrogen-bond acceptors (Lipinski definition) is 8. The van der Waals surface area contributed by atoms with E-state index in [2.05, 4.69) is 24.8 Å². The van der Waals surface area contributed by atoms with Crippen molar-refractivity contribution in [1.29, 1.82) is 0 Å². The molecule has 0 saturated carbocycles. The molecule has 23 heavy (non-hydrogen) atoms. The van der Waals surface area contributed by atoms with Gasteiger partial charge < -0.3 is 14.2 Å². The highest BCUT2D eigenvalue weighted by molar-refractivity contribution is 7.22. The lowest BCUT2D eigenvalue weighted by molar-refractivity contribution is -0.287. The van der Waals surface area contributed by atoms with E-state index in [4.69, 9.17) is 4.74 Å². The van der Waals surface area contributed by atoms with Gasteiger partial charge in [0.25, 0.3) is 11.8 Å². The Hall–Kier alpha value is -2.56. The standard InChI is InChI=1S/C12H9F2N3O5S/c1-4(20-5(2)18)8(19)16-11-15-6-3-7-9(17-10(6)23-11)22-12(13,14)21-7/h3-4H,1-2H3,(H,15,16,19)/t4-/m1/s1. The van der Waals surface area contributed by atoms with Gasteiger partial charge in [0.2, 0.25) is 0 Å². The molecule has 122 valence electrons. The van der Waals surface area contributed by atoms with Gasteiger partial charge in [-0.25, -0.2) is 4.98 Å². The molecule has 1 aliphatic heterocycles.